The van der Waals surface area contributed by atoms with Crippen LogP contribution in [0.3, 0.4) is 0 Å². The lowest BCUT2D eigenvalue weighted by Crippen LogP contribution is -2.36. The van der Waals surface area contributed by atoms with Gasteiger partial charge in [-0.1, -0.05) is 23.7 Å². The van der Waals surface area contributed by atoms with Gasteiger partial charge in [0.2, 0.25) is 0 Å². The van der Waals surface area contributed by atoms with Crippen molar-refractivity contribution in [2.45, 2.75) is 13.3 Å². The van der Waals surface area contributed by atoms with Gasteiger partial charge in [-0.05, 0) is 49.2 Å². The number of aromatic nitrogens is 2. The van der Waals surface area contributed by atoms with E-state index in [0.717, 1.165) is 16.8 Å². The lowest BCUT2D eigenvalue weighted by Gasteiger charge is -2.21. The zero-order valence-electron chi connectivity index (χ0n) is 15.4. The van der Waals surface area contributed by atoms with E-state index in [-0.39, 0.29) is 6.03 Å². The maximum Gasteiger partial charge on any atom is 0.327 e. The Morgan fingerprint density at radius 1 is 1.21 bits per heavy atom. The van der Waals surface area contributed by atoms with Gasteiger partial charge in [0.1, 0.15) is 0 Å². The highest BCUT2D eigenvalue weighted by Gasteiger charge is 2.24. The Labute approximate surface area is 168 Å². The molecule has 0 unspecified atom stereocenters. The molecule has 1 aliphatic heterocycles. The average molecular weight is 395 g/mol. The molecule has 1 aromatic carbocycles. The van der Waals surface area contributed by atoms with Gasteiger partial charge in [0.15, 0.2) is 11.6 Å². The summed E-state index contributed by atoms with van der Waals surface area (Å²) in [7, 11) is 0. The Hall–Kier alpha value is -3.12. The molecule has 0 aliphatic carbocycles. The fourth-order valence-corrected chi connectivity index (χ4v) is 3.26. The molecule has 0 saturated heterocycles. The van der Waals surface area contributed by atoms with E-state index in [9.17, 15) is 4.79 Å². The predicted octanol–water partition coefficient (Wildman–Crippen LogP) is 4.93. The summed E-state index contributed by atoms with van der Waals surface area (Å²) in [6.45, 7) is 2.96. The number of rotatable bonds is 2. The van der Waals surface area contributed by atoms with Crippen LogP contribution < -0.4 is 15.0 Å². The second-order valence-electron chi connectivity index (χ2n) is 6.56. The lowest BCUT2D eigenvalue weighted by molar-refractivity contribution is 0.256. The molecule has 0 spiro atoms. The fourth-order valence-electron chi connectivity index (χ4n) is 3.07. The molecule has 7 heteroatoms. The Balaban J connectivity index is 1.68. The summed E-state index contributed by atoms with van der Waals surface area (Å²) >= 11 is 6.11. The number of halogens is 1. The fraction of sp³-hybridized carbons (Fsp3) is 0.190. The number of amides is 2. The van der Waals surface area contributed by atoms with Crippen LogP contribution in [0, 0.1) is 6.92 Å². The van der Waals surface area contributed by atoms with Crippen LogP contribution in [0.5, 0.6) is 5.75 Å². The van der Waals surface area contributed by atoms with Gasteiger partial charge in [-0.3, -0.25) is 9.88 Å². The largest absolute Gasteiger partial charge is 0.490 e. The van der Waals surface area contributed by atoms with E-state index in [1.165, 1.54) is 0 Å². The van der Waals surface area contributed by atoms with Crippen LogP contribution in [0.2, 0.25) is 5.02 Å². The highest BCUT2D eigenvalue weighted by molar-refractivity contribution is 6.30. The third kappa shape index (κ3) is 3.92. The van der Waals surface area contributed by atoms with Gasteiger partial charge < -0.3 is 10.1 Å². The molecule has 0 saturated carbocycles. The molecule has 0 radical (unpaired) electrons. The molecule has 6 nitrogen and oxygen atoms in total. The quantitative estimate of drug-likeness (QED) is 0.669. The van der Waals surface area contributed by atoms with E-state index in [0.29, 0.717) is 41.8 Å². The van der Waals surface area contributed by atoms with Crippen molar-refractivity contribution in [1.82, 2.24) is 9.97 Å². The van der Waals surface area contributed by atoms with Gasteiger partial charge in [0, 0.05) is 23.3 Å². The number of nitrogens with one attached hydrogen (secondary N) is 1. The molecule has 1 aliphatic rings. The summed E-state index contributed by atoms with van der Waals surface area (Å²) in [6, 6.07) is 12.8. The maximum atomic E-state index is 13.0. The minimum Gasteiger partial charge on any atom is -0.490 e. The summed E-state index contributed by atoms with van der Waals surface area (Å²) in [4.78, 5) is 23.4. The molecular formula is C21H19ClN4O2. The summed E-state index contributed by atoms with van der Waals surface area (Å²) in [6.07, 6.45) is 4.07. The zero-order valence-corrected chi connectivity index (χ0v) is 16.1. The third-order valence-electron chi connectivity index (χ3n) is 4.37. The first-order chi connectivity index (χ1) is 13.6. The number of urea groups is 1. The molecule has 142 valence electrons. The standard InChI is InChI=1S/C21H19ClN4O2/c1-14-10-17(13-23-12-14)24-21(27)26-8-3-9-28-19-7-6-18(25-20(19)26)15-4-2-5-16(22)11-15/h2,4-7,10-13H,3,8-9H2,1H3,(H,24,27). The molecule has 1 N–H and O–H groups in total. The van der Waals surface area contributed by atoms with E-state index < -0.39 is 0 Å². The molecule has 2 aromatic heterocycles. The van der Waals surface area contributed by atoms with Crippen molar-refractivity contribution in [2.75, 3.05) is 23.4 Å². The number of pyridine rings is 2. The Kier molecular flexibility index (Phi) is 5.12. The molecule has 28 heavy (non-hydrogen) atoms. The summed E-state index contributed by atoms with van der Waals surface area (Å²) < 4.78 is 5.79. The van der Waals surface area contributed by atoms with Crippen molar-refractivity contribution in [2.24, 2.45) is 0 Å². The number of ether oxygens (including phenoxy) is 1. The Morgan fingerprint density at radius 3 is 2.93 bits per heavy atom. The third-order valence-corrected chi connectivity index (χ3v) is 4.61. The molecular weight excluding hydrogens is 376 g/mol. The SMILES string of the molecule is Cc1cncc(NC(=O)N2CCCOc3ccc(-c4cccc(Cl)c4)nc32)c1. The predicted molar refractivity (Wildman–Crippen MR) is 110 cm³/mol. The Bertz CT molecular complexity index is 1020. The van der Waals surface area contributed by atoms with Crippen LogP contribution >= 0.6 is 11.6 Å². The van der Waals surface area contributed by atoms with Gasteiger partial charge in [0.05, 0.1) is 24.2 Å². The number of nitrogens with zero attached hydrogens (tertiary/aromatic N) is 3. The molecule has 4 rings (SSSR count). The number of hydrogen-bond donors (Lipinski definition) is 1. The summed E-state index contributed by atoms with van der Waals surface area (Å²) in [5.41, 5.74) is 3.21. The summed E-state index contributed by atoms with van der Waals surface area (Å²) in [5, 5.41) is 3.53. The first-order valence-corrected chi connectivity index (χ1v) is 9.38. The van der Waals surface area contributed by atoms with Crippen LogP contribution in [-0.2, 0) is 0 Å². The minimum absolute atomic E-state index is 0.269. The average Bonchev–Trinajstić information content (AvgIpc) is 2.90. The molecule has 0 fully saturated rings. The van der Waals surface area contributed by atoms with Crippen molar-refractivity contribution in [3.63, 3.8) is 0 Å². The van der Waals surface area contributed by atoms with Crippen molar-refractivity contribution in [3.05, 3.63) is 65.4 Å². The maximum absolute atomic E-state index is 13.0. The highest BCUT2D eigenvalue weighted by atomic mass is 35.5. The van der Waals surface area contributed by atoms with Crippen molar-refractivity contribution >= 4 is 29.1 Å². The normalized spacial score (nSPS) is 13.3. The monoisotopic (exact) mass is 394 g/mol. The second kappa shape index (κ2) is 7.86. The number of benzene rings is 1. The van der Waals surface area contributed by atoms with Crippen LogP contribution in [-0.4, -0.2) is 29.2 Å². The first-order valence-electron chi connectivity index (χ1n) is 9.00. The minimum atomic E-state index is -0.269. The first kappa shape index (κ1) is 18.3. The summed E-state index contributed by atoms with van der Waals surface area (Å²) in [5.74, 6) is 1.08. The highest BCUT2D eigenvalue weighted by Crippen LogP contribution is 2.33. The molecule has 3 aromatic rings. The second-order valence-corrected chi connectivity index (χ2v) is 7.00. The van der Waals surface area contributed by atoms with Gasteiger partial charge in [-0.15, -0.1) is 0 Å². The number of carbonyl (C=O) groups is 1. The van der Waals surface area contributed by atoms with Gasteiger partial charge in [-0.25, -0.2) is 9.78 Å². The van der Waals surface area contributed by atoms with Crippen LogP contribution in [0.15, 0.2) is 54.9 Å². The van der Waals surface area contributed by atoms with Crippen LogP contribution in [0.1, 0.15) is 12.0 Å². The molecule has 2 amide bonds. The zero-order chi connectivity index (χ0) is 19.5. The van der Waals surface area contributed by atoms with E-state index in [1.54, 1.807) is 17.3 Å². The van der Waals surface area contributed by atoms with Crippen molar-refractivity contribution < 1.29 is 9.53 Å². The van der Waals surface area contributed by atoms with Crippen molar-refractivity contribution in [3.8, 4) is 17.0 Å². The van der Waals surface area contributed by atoms with Gasteiger partial charge in [0.25, 0.3) is 0 Å². The van der Waals surface area contributed by atoms with Crippen molar-refractivity contribution in [1.29, 1.82) is 0 Å². The van der Waals surface area contributed by atoms with E-state index in [2.05, 4.69) is 10.3 Å². The lowest BCUT2D eigenvalue weighted by atomic mass is 10.1. The van der Waals surface area contributed by atoms with Crippen LogP contribution in [0.25, 0.3) is 11.3 Å². The topological polar surface area (TPSA) is 67.4 Å². The van der Waals surface area contributed by atoms with Crippen LogP contribution in [0.4, 0.5) is 16.3 Å². The number of fused-ring (bicyclic) bond motifs is 1. The van der Waals surface area contributed by atoms with Gasteiger partial charge in [-0.2, -0.15) is 0 Å². The van der Waals surface area contributed by atoms with E-state index in [4.69, 9.17) is 21.3 Å². The molecule has 0 atom stereocenters. The smallest absolute Gasteiger partial charge is 0.327 e. The van der Waals surface area contributed by atoms with Gasteiger partial charge >= 0.3 is 6.03 Å². The van der Waals surface area contributed by atoms with E-state index >= 15 is 0 Å². The number of aryl methyl sites for hydroxylation is 1. The molecule has 0 bridgehead atoms. The molecule has 3 heterocycles. The number of carbonyl (C=O) groups excluding carboxylic acids is 1. The Morgan fingerprint density at radius 2 is 2.11 bits per heavy atom. The number of anilines is 2. The van der Waals surface area contributed by atoms with E-state index in [1.807, 2.05) is 49.4 Å². The number of hydrogen-bond acceptors (Lipinski definition) is 4.